The minimum absolute atomic E-state index is 0.661. The van der Waals surface area contributed by atoms with Crippen LogP contribution in [-0.4, -0.2) is 24.5 Å². The molecular formula is C14H14N6. The topological polar surface area (TPSA) is 60.6 Å². The highest BCUT2D eigenvalue weighted by Crippen LogP contribution is 2.17. The molecule has 0 atom stereocenters. The maximum absolute atomic E-state index is 4.36. The van der Waals surface area contributed by atoms with Crippen LogP contribution in [0.2, 0.25) is 0 Å². The van der Waals surface area contributed by atoms with Gasteiger partial charge in [-0.1, -0.05) is 6.58 Å². The van der Waals surface area contributed by atoms with E-state index in [0.29, 0.717) is 6.54 Å². The van der Waals surface area contributed by atoms with Gasteiger partial charge in [0.15, 0.2) is 5.82 Å². The molecular weight excluding hydrogens is 252 g/mol. The Bertz CT molecular complexity index is 698. The van der Waals surface area contributed by atoms with E-state index in [1.807, 2.05) is 30.6 Å². The van der Waals surface area contributed by atoms with E-state index in [1.165, 1.54) is 0 Å². The fraction of sp³-hybridized carbons (Fsp3) is 0.0714. The zero-order valence-corrected chi connectivity index (χ0v) is 10.8. The van der Waals surface area contributed by atoms with E-state index in [-0.39, 0.29) is 0 Å². The number of hydrogen-bond acceptors (Lipinski definition) is 4. The number of nitrogens with one attached hydrogen (secondary N) is 1. The van der Waals surface area contributed by atoms with Crippen molar-refractivity contribution in [1.82, 2.24) is 24.5 Å². The van der Waals surface area contributed by atoms with Crippen molar-refractivity contribution >= 4 is 11.9 Å². The molecule has 0 spiro atoms. The zero-order chi connectivity index (χ0) is 13.8. The lowest BCUT2D eigenvalue weighted by Gasteiger charge is -2.09. The maximum Gasteiger partial charge on any atom is 0.176 e. The Balaban J connectivity index is 1.79. The van der Waals surface area contributed by atoms with E-state index >= 15 is 0 Å². The van der Waals surface area contributed by atoms with E-state index in [2.05, 4.69) is 27.1 Å². The average Bonchev–Trinajstić information content (AvgIpc) is 3.17. The van der Waals surface area contributed by atoms with Crippen molar-refractivity contribution in [2.75, 3.05) is 5.32 Å². The molecule has 3 aromatic rings. The fourth-order valence-electron chi connectivity index (χ4n) is 1.88. The van der Waals surface area contributed by atoms with Gasteiger partial charge in [-0.3, -0.25) is 0 Å². The fourth-order valence-corrected chi connectivity index (χ4v) is 1.88. The van der Waals surface area contributed by atoms with Crippen LogP contribution in [-0.2, 0) is 6.54 Å². The van der Waals surface area contributed by atoms with Gasteiger partial charge < -0.3 is 5.32 Å². The molecule has 0 radical (unpaired) electrons. The Morgan fingerprint density at radius 2 is 2.20 bits per heavy atom. The van der Waals surface area contributed by atoms with E-state index in [0.717, 1.165) is 17.1 Å². The van der Waals surface area contributed by atoms with Crippen molar-refractivity contribution in [3.05, 3.63) is 61.3 Å². The smallest absolute Gasteiger partial charge is 0.176 e. The van der Waals surface area contributed by atoms with Crippen LogP contribution >= 0.6 is 0 Å². The minimum atomic E-state index is 0.661. The quantitative estimate of drug-likeness (QED) is 0.769. The largest absolute Gasteiger partial charge is 0.378 e. The SMILES string of the molecule is C=Cn1cc(CNc2cccnc2-n2cccn2)cn1. The third kappa shape index (κ3) is 2.44. The van der Waals surface area contributed by atoms with Gasteiger partial charge in [0.1, 0.15) is 0 Å². The molecule has 3 rings (SSSR count). The summed E-state index contributed by atoms with van der Waals surface area (Å²) < 4.78 is 3.41. The predicted molar refractivity (Wildman–Crippen MR) is 77.3 cm³/mol. The molecule has 0 aromatic carbocycles. The van der Waals surface area contributed by atoms with E-state index in [4.69, 9.17) is 0 Å². The van der Waals surface area contributed by atoms with Gasteiger partial charge in [0.05, 0.1) is 11.9 Å². The molecule has 3 heterocycles. The Hall–Kier alpha value is -2.89. The van der Waals surface area contributed by atoms with Crippen LogP contribution in [0.1, 0.15) is 5.56 Å². The van der Waals surface area contributed by atoms with E-state index in [1.54, 1.807) is 34.2 Å². The highest BCUT2D eigenvalue weighted by molar-refractivity contribution is 5.56. The molecule has 0 unspecified atom stereocenters. The Labute approximate surface area is 116 Å². The van der Waals surface area contributed by atoms with Crippen molar-refractivity contribution in [3.63, 3.8) is 0 Å². The molecule has 0 aliphatic heterocycles. The van der Waals surface area contributed by atoms with Crippen molar-refractivity contribution in [3.8, 4) is 5.82 Å². The molecule has 0 saturated heterocycles. The molecule has 6 nitrogen and oxygen atoms in total. The number of aromatic nitrogens is 5. The first-order chi connectivity index (χ1) is 9.86. The summed E-state index contributed by atoms with van der Waals surface area (Å²) >= 11 is 0. The molecule has 3 aromatic heterocycles. The molecule has 0 amide bonds. The third-order valence-corrected chi connectivity index (χ3v) is 2.83. The summed E-state index contributed by atoms with van der Waals surface area (Å²) in [5.41, 5.74) is 1.99. The van der Waals surface area contributed by atoms with Gasteiger partial charge in [-0.05, 0) is 18.2 Å². The van der Waals surface area contributed by atoms with Gasteiger partial charge in [-0.2, -0.15) is 10.2 Å². The summed E-state index contributed by atoms with van der Waals surface area (Å²) in [6.45, 7) is 4.33. The first-order valence-corrected chi connectivity index (χ1v) is 6.21. The van der Waals surface area contributed by atoms with Crippen LogP contribution in [0.3, 0.4) is 0 Å². The van der Waals surface area contributed by atoms with Crippen molar-refractivity contribution in [2.24, 2.45) is 0 Å². The number of pyridine rings is 1. The summed E-state index contributed by atoms with van der Waals surface area (Å²) in [5, 5.41) is 11.7. The lowest BCUT2D eigenvalue weighted by Crippen LogP contribution is -2.06. The first kappa shape index (κ1) is 12.2. The van der Waals surface area contributed by atoms with Crippen LogP contribution in [0.15, 0.2) is 55.8 Å². The van der Waals surface area contributed by atoms with Crippen molar-refractivity contribution < 1.29 is 0 Å². The molecule has 100 valence electrons. The molecule has 0 aliphatic carbocycles. The van der Waals surface area contributed by atoms with Gasteiger partial charge >= 0.3 is 0 Å². The van der Waals surface area contributed by atoms with Gasteiger partial charge in [-0.25, -0.2) is 14.3 Å². The van der Waals surface area contributed by atoms with Gasteiger partial charge in [0, 0.05) is 43.1 Å². The van der Waals surface area contributed by atoms with Gasteiger partial charge in [-0.15, -0.1) is 0 Å². The Morgan fingerprint density at radius 3 is 2.95 bits per heavy atom. The van der Waals surface area contributed by atoms with Crippen LogP contribution < -0.4 is 5.32 Å². The highest BCUT2D eigenvalue weighted by atomic mass is 15.3. The second kappa shape index (κ2) is 5.40. The normalized spacial score (nSPS) is 10.4. The number of rotatable bonds is 5. The molecule has 0 saturated carbocycles. The Kier molecular flexibility index (Phi) is 3.28. The second-order valence-electron chi connectivity index (χ2n) is 4.19. The van der Waals surface area contributed by atoms with Crippen LogP contribution in [0.25, 0.3) is 12.0 Å². The summed E-state index contributed by atoms with van der Waals surface area (Å²) in [5.74, 6) is 0.772. The average molecular weight is 266 g/mol. The molecule has 1 N–H and O–H groups in total. The number of hydrogen-bond donors (Lipinski definition) is 1. The predicted octanol–water partition coefficient (Wildman–Crippen LogP) is 2.18. The van der Waals surface area contributed by atoms with Crippen LogP contribution in [0, 0.1) is 0 Å². The molecule has 0 aliphatic rings. The zero-order valence-electron chi connectivity index (χ0n) is 10.8. The van der Waals surface area contributed by atoms with Gasteiger partial charge in [0.25, 0.3) is 0 Å². The molecule has 0 fully saturated rings. The number of nitrogens with zero attached hydrogens (tertiary/aromatic N) is 5. The lowest BCUT2D eigenvalue weighted by atomic mass is 10.3. The molecule has 6 heteroatoms. The third-order valence-electron chi connectivity index (χ3n) is 2.83. The molecule has 0 bridgehead atoms. The highest BCUT2D eigenvalue weighted by Gasteiger charge is 2.06. The summed E-state index contributed by atoms with van der Waals surface area (Å²) in [6, 6.07) is 5.73. The summed E-state index contributed by atoms with van der Waals surface area (Å²) in [7, 11) is 0. The van der Waals surface area contributed by atoms with Crippen LogP contribution in [0.4, 0.5) is 5.69 Å². The number of anilines is 1. The van der Waals surface area contributed by atoms with E-state index in [9.17, 15) is 0 Å². The standard InChI is InChI=1S/C14H14N6/c1-2-19-11-12(10-18-19)9-16-13-5-3-6-15-14(13)20-8-4-7-17-20/h2-8,10-11,16H,1,9H2. The maximum atomic E-state index is 4.36. The van der Waals surface area contributed by atoms with E-state index < -0.39 is 0 Å². The summed E-state index contributed by atoms with van der Waals surface area (Å²) in [4.78, 5) is 4.36. The second-order valence-corrected chi connectivity index (χ2v) is 4.19. The van der Waals surface area contributed by atoms with Crippen molar-refractivity contribution in [1.29, 1.82) is 0 Å². The Morgan fingerprint density at radius 1 is 1.25 bits per heavy atom. The van der Waals surface area contributed by atoms with Crippen LogP contribution in [0.5, 0.6) is 0 Å². The van der Waals surface area contributed by atoms with Crippen molar-refractivity contribution in [2.45, 2.75) is 6.54 Å². The first-order valence-electron chi connectivity index (χ1n) is 6.21. The minimum Gasteiger partial charge on any atom is -0.378 e. The van der Waals surface area contributed by atoms with Gasteiger partial charge in [0.2, 0.25) is 0 Å². The monoisotopic (exact) mass is 266 g/mol. The molecule has 20 heavy (non-hydrogen) atoms. The lowest BCUT2D eigenvalue weighted by molar-refractivity contribution is 0.846. The summed E-state index contributed by atoms with van der Waals surface area (Å²) in [6.07, 6.45) is 10.7.